The molecule has 0 amide bonds. The van der Waals surface area contributed by atoms with Gasteiger partial charge in [0.15, 0.2) is 0 Å². The van der Waals surface area contributed by atoms with Gasteiger partial charge in [-0.1, -0.05) is 0 Å². The van der Waals surface area contributed by atoms with E-state index < -0.39 is 10.0 Å². The minimum absolute atomic E-state index is 0.107. The summed E-state index contributed by atoms with van der Waals surface area (Å²) >= 11 is 3.23. The van der Waals surface area contributed by atoms with Crippen molar-refractivity contribution in [1.29, 1.82) is 0 Å². The third-order valence-corrected chi connectivity index (χ3v) is 4.43. The summed E-state index contributed by atoms with van der Waals surface area (Å²) in [6.45, 7) is 2.07. The zero-order chi connectivity index (χ0) is 13.9. The second-order valence-electron chi connectivity index (χ2n) is 3.94. The van der Waals surface area contributed by atoms with Crippen LogP contribution in [0.4, 0.5) is 5.82 Å². The Bertz CT molecular complexity index is 546. The SMILES string of the molecule is CNc1ncc(Br)cc1S(=O)(=O)NN1CCOCC1. The predicted octanol–water partition coefficient (Wildman–Crippen LogP) is 0.411. The minimum atomic E-state index is -3.66. The highest BCUT2D eigenvalue weighted by Crippen LogP contribution is 2.22. The molecule has 7 nitrogen and oxygen atoms in total. The van der Waals surface area contributed by atoms with Crippen molar-refractivity contribution in [2.45, 2.75) is 4.90 Å². The number of hydrogen-bond donors (Lipinski definition) is 2. The first kappa shape index (κ1) is 14.7. The molecule has 0 spiro atoms. The first-order valence-electron chi connectivity index (χ1n) is 5.71. The zero-order valence-electron chi connectivity index (χ0n) is 10.4. The topological polar surface area (TPSA) is 83.6 Å². The number of hydrogen-bond acceptors (Lipinski definition) is 6. The molecule has 1 aromatic heterocycles. The van der Waals surface area contributed by atoms with Crippen LogP contribution in [0.2, 0.25) is 0 Å². The fourth-order valence-corrected chi connectivity index (χ4v) is 3.48. The van der Waals surface area contributed by atoms with Gasteiger partial charge in [-0.3, -0.25) is 0 Å². The van der Waals surface area contributed by atoms with Crippen molar-refractivity contribution in [1.82, 2.24) is 14.8 Å². The summed E-state index contributed by atoms with van der Waals surface area (Å²) < 4.78 is 30.5. The molecule has 0 bridgehead atoms. The van der Waals surface area contributed by atoms with Gasteiger partial charge in [0.05, 0.1) is 13.2 Å². The van der Waals surface area contributed by atoms with Gasteiger partial charge in [0.25, 0.3) is 10.0 Å². The number of pyridine rings is 1. The predicted molar refractivity (Wildman–Crippen MR) is 74.2 cm³/mol. The van der Waals surface area contributed by atoms with Gasteiger partial charge >= 0.3 is 0 Å². The van der Waals surface area contributed by atoms with Gasteiger partial charge in [0, 0.05) is 30.8 Å². The summed E-state index contributed by atoms with van der Waals surface area (Å²) in [4.78, 5) is 6.68. The van der Waals surface area contributed by atoms with Gasteiger partial charge in [0.2, 0.25) is 0 Å². The Balaban J connectivity index is 2.25. The van der Waals surface area contributed by atoms with Crippen molar-refractivity contribution in [3.8, 4) is 0 Å². The summed E-state index contributed by atoms with van der Waals surface area (Å²) in [5.74, 6) is 0.309. The Labute approximate surface area is 120 Å². The molecule has 1 aromatic rings. The van der Waals surface area contributed by atoms with E-state index in [2.05, 4.69) is 31.1 Å². The third-order valence-electron chi connectivity index (χ3n) is 2.61. The molecule has 0 radical (unpaired) electrons. The lowest BCUT2D eigenvalue weighted by molar-refractivity contribution is 0.0272. The van der Waals surface area contributed by atoms with Crippen LogP contribution in [-0.2, 0) is 14.8 Å². The smallest absolute Gasteiger partial charge is 0.257 e. The number of nitrogens with one attached hydrogen (secondary N) is 2. The molecule has 1 aliphatic rings. The average Bonchev–Trinajstić information content (AvgIpc) is 2.39. The number of sulfonamides is 1. The molecule has 1 fully saturated rings. The van der Waals surface area contributed by atoms with E-state index in [1.165, 1.54) is 6.07 Å². The molecule has 1 saturated heterocycles. The van der Waals surface area contributed by atoms with Crippen LogP contribution in [-0.4, -0.2) is 51.8 Å². The van der Waals surface area contributed by atoms with Crippen LogP contribution >= 0.6 is 15.9 Å². The fraction of sp³-hybridized carbons (Fsp3) is 0.500. The van der Waals surface area contributed by atoms with Crippen LogP contribution in [0, 0.1) is 0 Å². The summed E-state index contributed by atoms with van der Waals surface area (Å²) in [7, 11) is -2.03. The van der Waals surface area contributed by atoms with Crippen molar-refractivity contribution in [3.05, 3.63) is 16.7 Å². The van der Waals surface area contributed by atoms with Gasteiger partial charge < -0.3 is 10.1 Å². The average molecular weight is 351 g/mol. The monoisotopic (exact) mass is 350 g/mol. The zero-order valence-corrected chi connectivity index (χ0v) is 12.8. The molecule has 9 heteroatoms. The molecule has 0 atom stereocenters. The van der Waals surface area contributed by atoms with Crippen molar-refractivity contribution < 1.29 is 13.2 Å². The lowest BCUT2D eigenvalue weighted by Gasteiger charge is -2.27. The maximum atomic E-state index is 12.3. The lowest BCUT2D eigenvalue weighted by atomic mass is 10.4. The Hall–Kier alpha value is -0.740. The maximum absolute atomic E-state index is 12.3. The highest BCUT2D eigenvalue weighted by Gasteiger charge is 2.23. The van der Waals surface area contributed by atoms with Crippen LogP contribution in [0.5, 0.6) is 0 Å². The van der Waals surface area contributed by atoms with Gasteiger partial charge in [-0.2, -0.15) is 0 Å². The number of hydrazine groups is 1. The van der Waals surface area contributed by atoms with E-state index in [0.717, 1.165) is 0 Å². The number of anilines is 1. The molecular weight excluding hydrogens is 336 g/mol. The Morgan fingerprint density at radius 2 is 2.11 bits per heavy atom. The number of aromatic nitrogens is 1. The Morgan fingerprint density at radius 3 is 2.74 bits per heavy atom. The molecule has 106 valence electrons. The molecule has 2 heterocycles. The molecule has 0 aliphatic carbocycles. The summed E-state index contributed by atoms with van der Waals surface area (Å²) in [6.07, 6.45) is 1.54. The molecule has 2 N–H and O–H groups in total. The van der Waals surface area contributed by atoms with E-state index in [1.54, 1.807) is 18.3 Å². The van der Waals surface area contributed by atoms with E-state index in [0.29, 0.717) is 36.6 Å². The van der Waals surface area contributed by atoms with E-state index >= 15 is 0 Å². The van der Waals surface area contributed by atoms with E-state index in [1.807, 2.05) is 0 Å². The number of ether oxygens (including phenoxy) is 1. The second-order valence-corrected chi connectivity index (χ2v) is 6.49. The Morgan fingerprint density at radius 1 is 1.42 bits per heavy atom. The molecule has 2 rings (SSSR count). The van der Waals surface area contributed by atoms with Crippen LogP contribution < -0.4 is 10.1 Å². The molecule has 0 saturated carbocycles. The second kappa shape index (κ2) is 6.14. The number of rotatable bonds is 4. The molecule has 0 aromatic carbocycles. The van der Waals surface area contributed by atoms with Crippen molar-refractivity contribution in [2.24, 2.45) is 0 Å². The van der Waals surface area contributed by atoms with Crippen LogP contribution in [0.1, 0.15) is 0 Å². The standard InChI is InChI=1S/C10H15BrN4O3S/c1-12-10-9(6-8(11)7-13-10)19(16,17)14-15-2-4-18-5-3-15/h6-7,14H,2-5H2,1H3,(H,12,13). The highest BCUT2D eigenvalue weighted by atomic mass is 79.9. The molecular formula is C10H15BrN4O3S. The van der Waals surface area contributed by atoms with Crippen LogP contribution in [0.3, 0.4) is 0 Å². The minimum Gasteiger partial charge on any atom is -0.379 e. The normalized spacial score (nSPS) is 17.4. The maximum Gasteiger partial charge on any atom is 0.257 e. The highest BCUT2D eigenvalue weighted by molar-refractivity contribution is 9.10. The quantitative estimate of drug-likeness (QED) is 0.818. The summed E-state index contributed by atoms with van der Waals surface area (Å²) in [5.41, 5.74) is 0. The van der Waals surface area contributed by atoms with Crippen LogP contribution in [0.25, 0.3) is 0 Å². The number of morpholine rings is 1. The van der Waals surface area contributed by atoms with Crippen molar-refractivity contribution >= 4 is 31.8 Å². The van der Waals surface area contributed by atoms with Gasteiger partial charge in [-0.15, -0.1) is 4.83 Å². The van der Waals surface area contributed by atoms with Crippen LogP contribution in [0.15, 0.2) is 21.6 Å². The first-order valence-corrected chi connectivity index (χ1v) is 7.99. The van der Waals surface area contributed by atoms with E-state index in [4.69, 9.17) is 4.74 Å². The van der Waals surface area contributed by atoms with Gasteiger partial charge in [-0.25, -0.2) is 18.4 Å². The first-order chi connectivity index (χ1) is 9.03. The number of nitrogens with zero attached hydrogens (tertiary/aromatic N) is 2. The van der Waals surface area contributed by atoms with E-state index in [-0.39, 0.29) is 4.90 Å². The fourth-order valence-electron chi connectivity index (χ4n) is 1.69. The van der Waals surface area contributed by atoms with Crippen molar-refractivity contribution in [2.75, 3.05) is 38.7 Å². The summed E-state index contributed by atoms with van der Waals surface area (Å²) in [5, 5.41) is 4.40. The van der Waals surface area contributed by atoms with Gasteiger partial charge in [0.1, 0.15) is 10.7 Å². The molecule has 0 unspecified atom stereocenters. The summed E-state index contributed by atoms with van der Waals surface area (Å²) in [6, 6.07) is 1.52. The number of halogens is 1. The van der Waals surface area contributed by atoms with E-state index in [9.17, 15) is 8.42 Å². The largest absolute Gasteiger partial charge is 0.379 e. The molecule has 19 heavy (non-hydrogen) atoms. The molecule has 1 aliphatic heterocycles. The lowest BCUT2D eigenvalue weighted by Crippen LogP contribution is -2.48. The van der Waals surface area contributed by atoms with Crippen molar-refractivity contribution in [3.63, 3.8) is 0 Å². The third kappa shape index (κ3) is 3.63. The van der Waals surface area contributed by atoms with Gasteiger partial charge in [-0.05, 0) is 22.0 Å². The Kier molecular flexibility index (Phi) is 4.74.